The van der Waals surface area contributed by atoms with E-state index in [0.29, 0.717) is 11.3 Å². The van der Waals surface area contributed by atoms with Crippen molar-refractivity contribution in [2.45, 2.75) is 32.1 Å². The van der Waals surface area contributed by atoms with Crippen LogP contribution in [0.5, 0.6) is 0 Å². The fourth-order valence-electron chi connectivity index (χ4n) is 1.54. The topological polar surface area (TPSA) is 89.3 Å². The van der Waals surface area contributed by atoms with Gasteiger partial charge in [0.05, 0.1) is 5.75 Å². The molecule has 0 aliphatic heterocycles. The predicted octanol–water partition coefficient (Wildman–Crippen LogP) is 1.10. The maximum atomic E-state index is 11.9. The van der Waals surface area contributed by atoms with E-state index in [1.165, 1.54) is 0 Å². The molecule has 0 heterocycles. The van der Waals surface area contributed by atoms with Crippen molar-refractivity contribution in [1.82, 2.24) is 5.32 Å². The van der Waals surface area contributed by atoms with Crippen LogP contribution in [-0.2, 0) is 20.4 Å². The molecule has 0 fully saturated rings. The van der Waals surface area contributed by atoms with Crippen LogP contribution >= 0.6 is 0 Å². The highest BCUT2D eigenvalue weighted by molar-refractivity contribution is 7.91. The number of carbonyl (C=O) groups excluding carboxylic acids is 1. The second-order valence-corrected chi connectivity index (χ2v) is 6.72. The zero-order chi connectivity index (χ0) is 14.5. The first-order valence-electron chi connectivity index (χ1n) is 6.16. The Morgan fingerprint density at radius 2 is 1.89 bits per heavy atom. The molecule has 0 bridgehead atoms. The Balaban J connectivity index is 2.61. The molecule has 1 aromatic carbocycles. The van der Waals surface area contributed by atoms with Crippen molar-refractivity contribution >= 4 is 21.4 Å². The summed E-state index contributed by atoms with van der Waals surface area (Å²) in [7, 11) is -3.45. The second kappa shape index (κ2) is 6.56. The molecule has 1 aromatic rings. The third-order valence-electron chi connectivity index (χ3n) is 2.74. The molecule has 3 N–H and O–H groups in total. The summed E-state index contributed by atoms with van der Waals surface area (Å²) in [5.41, 5.74) is 6.74. The van der Waals surface area contributed by atoms with Crippen molar-refractivity contribution in [2.75, 3.05) is 11.5 Å². The molecule has 19 heavy (non-hydrogen) atoms. The molecule has 0 saturated heterocycles. The third-order valence-corrected chi connectivity index (χ3v) is 4.21. The van der Waals surface area contributed by atoms with Gasteiger partial charge in [0.25, 0.3) is 0 Å². The number of nitrogen functional groups attached to an aromatic ring is 1. The van der Waals surface area contributed by atoms with Crippen LogP contribution in [0.2, 0.25) is 0 Å². The van der Waals surface area contributed by atoms with E-state index in [1.54, 1.807) is 24.3 Å². The van der Waals surface area contributed by atoms with E-state index in [2.05, 4.69) is 5.32 Å². The van der Waals surface area contributed by atoms with Crippen LogP contribution in [0.4, 0.5) is 5.69 Å². The molecular weight excluding hydrogens is 264 g/mol. The van der Waals surface area contributed by atoms with Gasteiger partial charge in [0.15, 0.2) is 9.84 Å². The third kappa shape index (κ3) is 5.74. The lowest BCUT2D eigenvalue weighted by atomic mass is 10.2. The summed E-state index contributed by atoms with van der Waals surface area (Å²) in [4.78, 5) is 11.6. The van der Waals surface area contributed by atoms with Crippen molar-refractivity contribution in [2.24, 2.45) is 0 Å². The average molecular weight is 284 g/mol. The smallest absolute Gasteiger partial charge is 0.235 e. The number of nitrogens with one attached hydrogen (secondary N) is 1. The van der Waals surface area contributed by atoms with Crippen LogP contribution in [0.15, 0.2) is 24.3 Å². The van der Waals surface area contributed by atoms with Gasteiger partial charge in [-0.15, -0.1) is 0 Å². The number of rotatable bonds is 6. The van der Waals surface area contributed by atoms with Gasteiger partial charge in [-0.1, -0.05) is 19.1 Å². The van der Waals surface area contributed by atoms with E-state index in [1.807, 2.05) is 13.8 Å². The summed E-state index contributed by atoms with van der Waals surface area (Å²) in [6.45, 7) is 3.76. The summed E-state index contributed by atoms with van der Waals surface area (Å²) in [5, 5.41) is 2.64. The van der Waals surface area contributed by atoms with Gasteiger partial charge in [-0.25, -0.2) is 8.42 Å². The number of sulfone groups is 1. The molecule has 1 unspecified atom stereocenters. The monoisotopic (exact) mass is 284 g/mol. The fourth-order valence-corrected chi connectivity index (χ4v) is 2.82. The van der Waals surface area contributed by atoms with E-state index in [9.17, 15) is 13.2 Å². The van der Waals surface area contributed by atoms with Gasteiger partial charge in [-0.3, -0.25) is 4.79 Å². The lowest BCUT2D eigenvalue weighted by Crippen LogP contribution is -2.36. The molecule has 6 heteroatoms. The molecule has 106 valence electrons. The van der Waals surface area contributed by atoms with Gasteiger partial charge in [-0.2, -0.15) is 0 Å². The molecule has 0 aliphatic rings. The average Bonchev–Trinajstić information content (AvgIpc) is 2.30. The van der Waals surface area contributed by atoms with Crippen molar-refractivity contribution < 1.29 is 13.2 Å². The number of hydrogen-bond donors (Lipinski definition) is 2. The van der Waals surface area contributed by atoms with Crippen molar-refractivity contribution in [1.29, 1.82) is 0 Å². The van der Waals surface area contributed by atoms with Crippen LogP contribution in [0.1, 0.15) is 25.8 Å². The largest absolute Gasteiger partial charge is 0.399 e. The van der Waals surface area contributed by atoms with Gasteiger partial charge in [-0.05, 0) is 31.0 Å². The van der Waals surface area contributed by atoms with Crippen LogP contribution < -0.4 is 11.1 Å². The number of nitrogens with two attached hydrogens (primary N) is 1. The molecule has 0 saturated carbocycles. The van der Waals surface area contributed by atoms with Crippen molar-refractivity contribution in [3.63, 3.8) is 0 Å². The molecule has 5 nitrogen and oxygen atoms in total. The SMILES string of the molecule is CCC(C)NC(=O)CS(=O)(=O)Cc1ccc(N)cc1. The Hall–Kier alpha value is -1.56. The Labute approximate surface area is 114 Å². The first kappa shape index (κ1) is 15.5. The first-order valence-corrected chi connectivity index (χ1v) is 7.98. The number of carbonyl (C=O) groups is 1. The van der Waals surface area contributed by atoms with Gasteiger partial charge in [0, 0.05) is 11.7 Å². The summed E-state index contributed by atoms with van der Waals surface area (Å²) >= 11 is 0. The molecule has 1 atom stereocenters. The highest BCUT2D eigenvalue weighted by Crippen LogP contribution is 2.10. The number of benzene rings is 1. The van der Waals surface area contributed by atoms with Gasteiger partial charge in [0.1, 0.15) is 5.75 Å². The number of anilines is 1. The maximum Gasteiger partial charge on any atom is 0.235 e. The van der Waals surface area contributed by atoms with E-state index in [4.69, 9.17) is 5.73 Å². The zero-order valence-electron chi connectivity index (χ0n) is 11.2. The van der Waals surface area contributed by atoms with Crippen LogP contribution in [-0.4, -0.2) is 26.1 Å². The molecule has 1 rings (SSSR count). The van der Waals surface area contributed by atoms with Crippen LogP contribution in [0, 0.1) is 0 Å². The highest BCUT2D eigenvalue weighted by atomic mass is 32.2. The van der Waals surface area contributed by atoms with E-state index in [0.717, 1.165) is 6.42 Å². The minimum absolute atomic E-state index is 0.0146. The van der Waals surface area contributed by atoms with E-state index in [-0.39, 0.29) is 11.8 Å². The van der Waals surface area contributed by atoms with Crippen LogP contribution in [0.3, 0.4) is 0 Å². The van der Waals surface area contributed by atoms with Crippen LogP contribution in [0.25, 0.3) is 0 Å². The molecule has 0 spiro atoms. The van der Waals surface area contributed by atoms with Gasteiger partial charge in [0.2, 0.25) is 5.91 Å². The molecule has 1 amide bonds. The zero-order valence-corrected chi connectivity index (χ0v) is 12.0. The highest BCUT2D eigenvalue weighted by Gasteiger charge is 2.18. The first-order chi connectivity index (χ1) is 8.82. The molecular formula is C13H20N2O3S. The fraction of sp³-hybridized carbons (Fsp3) is 0.462. The number of hydrogen-bond acceptors (Lipinski definition) is 4. The normalized spacial score (nSPS) is 12.9. The Morgan fingerprint density at radius 1 is 1.32 bits per heavy atom. The van der Waals surface area contributed by atoms with Gasteiger partial charge < -0.3 is 11.1 Å². The second-order valence-electron chi connectivity index (χ2n) is 4.65. The summed E-state index contributed by atoms with van der Waals surface area (Å²) in [6, 6.07) is 6.58. The number of amides is 1. The van der Waals surface area contributed by atoms with Crippen molar-refractivity contribution in [3.8, 4) is 0 Å². The molecule has 0 radical (unpaired) electrons. The quantitative estimate of drug-likeness (QED) is 0.765. The lowest BCUT2D eigenvalue weighted by molar-refractivity contribution is -0.119. The van der Waals surface area contributed by atoms with Gasteiger partial charge >= 0.3 is 0 Å². The summed E-state index contributed by atoms with van der Waals surface area (Å²) in [5.74, 6) is -1.09. The Kier molecular flexibility index (Phi) is 5.35. The molecule has 0 aliphatic carbocycles. The minimum atomic E-state index is -3.45. The minimum Gasteiger partial charge on any atom is -0.399 e. The van der Waals surface area contributed by atoms with E-state index >= 15 is 0 Å². The molecule has 0 aromatic heterocycles. The lowest BCUT2D eigenvalue weighted by Gasteiger charge is -2.11. The summed E-state index contributed by atoms with van der Waals surface area (Å²) in [6.07, 6.45) is 0.768. The Bertz CT molecular complexity index is 523. The van der Waals surface area contributed by atoms with E-state index < -0.39 is 21.5 Å². The maximum absolute atomic E-state index is 11.9. The summed E-state index contributed by atoms with van der Waals surface area (Å²) < 4.78 is 23.7. The predicted molar refractivity (Wildman–Crippen MR) is 76.2 cm³/mol. The van der Waals surface area contributed by atoms with Crippen molar-refractivity contribution in [3.05, 3.63) is 29.8 Å². The Morgan fingerprint density at radius 3 is 2.42 bits per heavy atom. The standard InChI is InChI=1S/C13H20N2O3S/c1-3-10(2)15-13(16)9-19(17,18)8-11-4-6-12(14)7-5-11/h4-7,10H,3,8-9,14H2,1-2H3,(H,15,16).